The van der Waals surface area contributed by atoms with Gasteiger partial charge in [0.2, 0.25) is 0 Å². The fourth-order valence-electron chi connectivity index (χ4n) is 2.33. The van der Waals surface area contributed by atoms with E-state index in [9.17, 15) is 26.4 Å². The van der Waals surface area contributed by atoms with Gasteiger partial charge in [-0.25, -0.2) is 8.42 Å². The van der Waals surface area contributed by atoms with Gasteiger partial charge >= 0.3 is 6.18 Å². The normalized spacial score (nSPS) is 12.0. The lowest BCUT2D eigenvalue weighted by Gasteiger charge is -2.23. The zero-order chi connectivity index (χ0) is 18.8. The van der Waals surface area contributed by atoms with Crippen molar-refractivity contribution in [3.63, 3.8) is 0 Å². The summed E-state index contributed by atoms with van der Waals surface area (Å²) in [5.41, 5.74) is -0.509. The van der Waals surface area contributed by atoms with Crippen molar-refractivity contribution in [1.82, 2.24) is 0 Å². The Morgan fingerprint density at radius 1 is 1.08 bits per heavy atom. The molecule has 0 heterocycles. The molecule has 4 nitrogen and oxygen atoms in total. The van der Waals surface area contributed by atoms with E-state index in [1.807, 2.05) is 0 Å². The summed E-state index contributed by atoms with van der Waals surface area (Å²) >= 11 is 0. The summed E-state index contributed by atoms with van der Waals surface area (Å²) in [6.07, 6.45) is -4.64. The van der Waals surface area contributed by atoms with Crippen molar-refractivity contribution in [2.24, 2.45) is 0 Å². The van der Waals surface area contributed by atoms with E-state index in [1.165, 1.54) is 31.2 Å². The van der Waals surface area contributed by atoms with Gasteiger partial charge in [-0.1, -0.05) is 18.2 Å². The van der Waals surface area contributed by atoms with Crippen LogP contribution in [0.3, 0.4) is 0 Å². The molecule has 0 unspecified atom stereocenters. The molecule has 0 spiro atoms. The minimum Gasteiger partial charge on any atom is -0.295 e. The van der Waals surface area contributed by atoms with Crippen LogP contribution in [0.5, 0.6) is 0 Å². The fourth-order valence-corrected chi connectivity index (χ4v) is 3.84. The van der Waals surface area contributed by atoms with Gasteiger partial charge in [0.15, 0.2) is 5.78 Å². The Hall–Kier alpha value is -2.35. The molecule has 0 aliphatic carbocycles. The number of carbonyl (C=O) groups excluding carboxylic acids is 1. The van der Waals surface area contributed by atoms with Crippen LogP contribution in [0.1, 0.15) is 29.8 Å². The lowest BCUT2D eigenvalue weighted by Crippen LogP contribution is -2.31. The highest BCUT2D eigenvalue weighted by atomic mass is 32.2. The van der Waals surface area contributed by atoms with Gasteiger partial charge in [0.25, 0.3) is 10.0 Å². The van der Waals surface area contributed by atoms with Crippen LogP contribution in [0.2, 0.25) is 0 Å². The summed E-state index contributed by atoms with van der Waals surface area (Å²) in [6.45, 7) is 2.90. The maximum atomic E-state index is 12.9. The molecule has 0 saturated carbocycles. The van der Waals surface area contributed by atoms with Gasteiger partial charge in [-0.2, -0.15) is 13.2 Å². The van der Waals surface area contributed by atoms with E-state index in [2.05, 4.69) is 0 Å². The number of hydrogen-bond donors (Lipinski definition) is 0. The number of benzene rings is 2. The number of nitrogens with zero attached hydrogens (tertiary/aromatic N) is 1. The van der Waals surface area contributed by atoms with Crippen molar-refractivity contribution in [2.45, 2.75) is 24.9 Å². The zero-order valence-corrected chi connectivity index (χ0v) is 14.4. The van der Waals surface area contributed by atoms with Gasteiger partial charge in [-0.15, -0.1) is 0 Å². The number of carbonyl (C=O) groups is 1. The van der Waals surface area contributed by atoms with E-state index in [-0.39, 0.29) is 18.0 Å². The molecule has 2 aromatic rings. The van der Waals surface area contributed by atoms with Crippen LogP contribution in [0.25, 0.3) is 0 Å². The summed E-state index contributed by atoms with van der Waals surface area (Å²) in [4.78, 5) is 11.0. The maximum Gasteiger partial charge on any atom is 0.416 e. The molecule has 0 radical (unpaired) electrons. The summed E-state index contributed by atoms with van der Waals surface area (Å²) in [7, 11) is -4.21. The molecule has 25 heavy (non-hydrogen) atoms. The van der Waals surface area contributed by atoms with Crippen LogP contribution in [0, 0.1) is 0 Å². The third kappa shape index (κ3) is 4.01. The minimum atomic E-state index is -4.64. The van der Waals surface area contributed by atoms with Crippen LogP contribution in [0.4, 0.5) is 18.9 Å². The largest absolute Gasteiger partial charge is 0.416 e. The zero-order valence-electron chi connectivity index (χ0n) is 13.5. The predicted molar refractivity (Wildman–Crippen MR) is 88.1 cm³/mol. The highest BCUT2D eigenvalue weighted by molar-refractivity contribution is 7.92. The van der Waals surface area contributed by atoms with E-state index in [1.54, 1.807) is 6.92 Å². The van der Waals surface area contributed by atoms with Crippen molar-refractivity contribution in [3.05, 3.63) is 59.7 Å². The first kappa shape index (κ1) is 19.0. The molecule has 2 aromatic carbocycles. The SMILES string of the molecule is CCN(c1cccc(C(C)=O)c1)S(=O)(=O)c1cccc(C(F)(F)F)c1. The van der Waals surface area contributed by atoms with Gasteiger partial charge in [-0.05, 0) is 44.2 Å². The second-order valence-corrected chi connectivity index (χ2v) is 7.16. The number of alkyl halides is 3. The van der Waals surface area contributed by atoms with Crippen LogP contribution in [0.15, 0.2) is 53.4 Å². The second-order valence-electron chi connectivity index (χ2n) is 5.30. The number of Topliss-reactive ketones (excluding diaryl/α,β-unsaturated/α-hetero) is 1. The molecule has 0 fully saturated rings. The molecule has 0 saturated heterocycles. The molecule has 0 aromatic heterocycles. The standard InChI is InChI=1S/C17H16F3NO3S/c1-3-21(15-8-4-6-13(10-15)12(2)22)25(23,24)16-9-5-7-14(11-16)17(18,19)20/h4-11H,3H2,1-2H3. The van der Waals surface area contributed by atoms with Gasteiger partial charge in [0.05, 0.1) is 16.1 Å². The van der Waals surface area contributed by atoms with Gasteiger partial charge < -0.3 is 0 Å². The Labute approximate surface area is 143 Å². The number of halogens is 3. The average molecular weight is 371 g/mol. The Morgan fingerprint density at radius 2 is 1.72 bits per heavy atom. The second kappa shape index (κ2) is 6.87. The van der Waals surface area contributed by atoms with E-state index in [4.69, 9.17) is 0 Å². The van der Waals surface area contributed by atoms with E-state index in [0.29, 0.717) is 11.6 Å². The average Bonchev–Trinajstić information content (AvgIpc) is 2.55. The van der Waals surface area contributed by atoms with Crippen LogP contribution < -0.4 is 4.31 Å². The summed E-state index contributed by atoms with van der Waals surface area (Å²) in [5, 5.41) is 0. The minimum absolute atomic E-state index is 0.0000626. The molecule has 134 valence electrons. The third-order valence-corrected chi connectivity index (χ3v) is 5.48. The van der Waals surface area contributed by atoms with Crippen LogP contribution in [-0.4, -0.2) is 20.7 Å². The van der Waals surface area contributed by atoms with Crippen molar-refractivity contribution in [1.29, 1.82) is 0 Å². The smallest absolute Gasteiger partial charge is 0.295 e. The molecular formula is C17H16F3NO3S. The first-order chi connectivity index (χ1) is 11.6. The number of sulfonamides is 1. The number of anilines is 1. The molecule has 0 bridgehead atoms. The Bertz CT molecular complexity index is 892. The number of rotatable bonds is 5. The maximum absolute atomic E-state index is 12.9. The van der Waals surface area contributed by atoms with Crippen LogP contribution >= 0.6 is 0 Å². The summed E-state index contributed by atoms with van der Waals surface area (Å²) < 4.78 is 65.1. The summed E-state index contributed by atoms with van der Waals surface area (Å²) in [5.74, 6) is -0.241. The summed E-state index contributed by atoms with van der Waals surface area (Å²) in [6, 6.07) is 9.53. The van der Waals surface area contributed by atoms with E-state index < -0.39 is 26.7 Å². The molecule has 0 aliphatic heterocycles. The van der Waals surface area contributed by atoms with E-state index >= 15 is 0 Å². The first-order valence-corrected chi connectivity index (χ1v) is 8.82. The predicted octanol–water partition coefficient (Wildman–Crippen LogP) is 4.12. The third-order valence-electron chi connectivity index (χ3n) is 3.58. The molecular weight excluding hydrogens is 355 g/mol. The molecule has 0 N–H and O–H groups in total. The molecule has 0 aliphatic rings. The molecule has 0 amide bonds. The monoisotopic (exact) mass is 371 g/mol. The molecule has 2 rings (SSSR count). The lowest BCUT2D eigenvalue weighted by atomic mass is 10.1. The van der Waals surface area contributed by atoms with Crippen molar-refractivity contribution in [2.75, 3.05) is 10.8 Å². The fraction of sp³-hybridized carbons (Fsp3) is 0.235. The highest BCUT2D eigenvalue weighted by Gasteiger charge is 2.33. The highest BCUT2D eigenvalue weighted by Crippen LogP contribution is 2.32. The first-order valence-electron chi connectivity index (χ1n) is 7.38. The van der Waals surface area contributed by atoms with Crippen molar-refractivity contribution in [3.8, 4) is 0 Å². The Morgan fingerprint density at radius 3 is 2.28 bits per heavy atom. The topological polar surface area (TPSA) is 54.5 Å². The molecule has 8 heteroatoms. The number of ketones is 1. The Balaban J connectivity index is 2.53. The lowest BCUT2D eigenvalue weighted by molar-refractivity contribution is -0.137. The van der Waals surface area contributed by atoms with Gasteiger partial charge in [0.1, 0.15) is 0 Å². The Kier molecular flexibility index (Phi) is 5.22. The molecule has 0 atom stereocenters. The van der Waals surface area contributed by atoms with Gasteiger partial charge in [0, 0.05) is 12.1 Å². The van der Waals surface area contributed by atoms with Gasteiger partial charge in [-0.3, -0.25) is 9.10 Å². The van der Waals surface area contributed by atoms with Crippen LogP contribution in [-0.2, 0) is 16.2 Å². The number of hydrogen-bond acceptors (Lipinski definition) is 3. The van der Waals surface area contributed by atoms with Crippen molar-refractivity contribution >= 4 is 21.5 Å². The van der Waals surface area contributed by atoms with Crippen molar-refractivity contribution < 1.29 is 26.4 Å². The van der Waals surface area contributed by atoms with E-state index in [0.717, 1.165) is 22.5 Å². The quantitative estimate of drug-likeness (QED) is 0.743.